The van der Waals surface area contributed by atoms with E-state index in [2.05, 4.69) is 48.1 Å². The monoisotopic (exact) mass is 323 g/mol. The molecule has 0 amide bonds. The van der Waals surface area contributed by atoms with Gasteiger partial charge in [0.15, 0.2) is 0 Å². The second kappa shape index (κ2) is 7.00. The van der Waals surface area contributed by atoms with Gasteiger partial charge in [-0.15, -0.1) is 11.3 Å². The van der Waals surface area contributed by atoms with Crippen LogP contribution >= 0.6 is 38.9 Å². The van der Waals surface area contributed by atoms with Crippen LogP contribution in [0.5, 0.6) is 0 Å². The maximum Gasteiger partial charge on any atom is 0.107 e. The lowest BCUT2D eigenvalue weighted by atomic mass is 9.98. The highest BCUT2D eigenvalue weighted by atomic mass is 79.9. The lowest BCUT2D eigenvalue weighted by Crippen LogP contribution is -2.26. The molecule has 4 heteroatoms. The molecule has 0 aliphatic heterocycles. The van der Waals surface area contributed by atoms with Gasteiger partial charge >= 0.3 is 0 Å². The topological polar surface area (TPSA) is 12.0 Å². The fourth-order valence-electron chi connectivity index (χ4n) is 1.63. The van der Waals surface area contributed by atoms with Gasteiger partial charge in [0, 0.05) is 15.4 Å². The molecule has 0 saturated carbocycles. The Hall–Kier alpha value is 0.430. The Balaban J connectivity index is 2.82. The summed E-state index contributed by atoms with van der Waals surface area (Å²) in [6.45, 7) is 7.77. The summed E-state index contributed by atoms with van der Waals surface area (Å²) in [6, 6.07) is 2.57. The van der Waals surface area contributed by atoms with E-state index in [9.17, 15) is 0 Å². The van der Waals surface area contributed by atoms with Crippen LogP contribution in [0.3, 0.4) is 0 Å². The molecule has 0 aliphatic rings. The molecule has 92 valence electrons. The summed E-state index contributed by atoms with van der Waals surface area (Å²) < 4.78 is 1.86. The summed E-state index contributed by atoms with van der Waals surface area (Å²) >= 11 is 11.2. The molecule has 0 aliphatic carbocycles. The summed E-state index contributed by atoms with van der Waals surface area (Å²) in [4.78, 5) is 1.33. The largest absolute Gasteiger partial charge is 0.309 e. The molecule has 1 aromatic rings. The third-order valence-corrected chi connectivity index (χ3v) is 5.36. The first-order valence-electron chi connectivity index (χ1n) is 5.78. The summed E-state index contributed by atoms with van der Waals surface area (Å²) in [5.41, 5.74) is 0. The molecule has 1 heterocycles. The van der Waals surface area contributed by atoms with Crippen molar-refractivity contribution in [1.29, 1.82) is 0 Å². The van der Waals surface area contributed by atoms with Gasteiger partial charge in [0.2, 0.25) is 0 Å². The van der Waals surface area contributed by atoms with Crippen LogP contribution in [0.1, 0.15) is 44.5 Å². The second-order valence-corrected chi connectivity index (χ2v) is 6.63. The molecule has 16 heavy (non-hydrogen) atoms. The molecule has 1 rings (SSSR count). The van der Waals surface area contributed by atoms with Crippen molar-refractivity contribution in [3.05, 3.63) is 19.8 Å². The highest BCUT2D eigenvalue weighted by molar-refractivity contribution is 9.10. The van der Waals surface area contributed by atoms with E-state index in [-0.39, 0.29) is 0 Å². The Bertz CT molecular complexity index is 307. The first-order valence-corrected chi connectivity index (χ1v) is 7.77. The highest BCUT2D eigenvalue weighted by Gasteiger charge is 2.20. The molecule has 0 bridgehead atoms. The lowest BCUT2D eigenvalue weighted by molar-refractivity contribution is 0.382. The van der Waals surface area contributed by atoms with Crippen LogP contribution in [-0.4, -0.2) is 6.54 Å². The fourth-order valence-corrected chi connectivity index (χ4v) is 3.58. The quantitative estimate of drug-likeness (QED) is 0.753. The molecule has 1 nitrogen and oxygen atoms in total. The second-order valence-electron chi connectivity index (χ2n) is 4.09. The lowest BCUT2D eigenvalue weighted by Gasteiger charge is -2.23. The average molecular weight is 325 g/mol. The van der Waals surface area contributed by atoms with Gasteiger partial charge in [-0.2, -0.15) is 0 Å². The van der Waals surface area contributed by atoms with Crippen LogP contribution in [0.2, 0.25) is 4.34 Å². The third-order valence-electron chi connectivity index (χ3n) is 2.80. The van der Waals surface area contributed by atoms with Crippen LogP contribution in [0, 0.1) is 5.92 Å². The van der Waals surface area contributed by atoms with Gasteiger partial charge in [0.05, 0.1) is 0 Å². The SMILES string of the molecule is CCCNC(c1cc(Br)c(Cl)s1)C(C)CC. The van der Waals surface area contributed by atoms with Crippen molar-refractivity contribution >= 4 is 38.9 Å². The fraction of sp³-hybridized carbons (Fsp3) is 0.667. The van der Waals surface area contributed by atoms with E-state index >= 15 is 0 Å². The van der Waals surface area contributed by atoms with Gasteiger partial charge in [0.25, 0.3) is 0 Å². The summed E-state index contributed by atoms with van der Waals surface area (Å²) in [6.07, 6.45) is 2.34. The standard InChI is InChI=1S/C12H19BrClNS/c1-4-6-15-11(8(3)5-2)10-7-9(13)12(14)16-10/h7-8,11,15H,4-6H2,1-3H3. The maximum absolute atomic E-state index is 6.10. The average Bonchev–Trinajstić information content (AvgIpc) is 2.59. The molecule has 2 atom stereocenters. The van der Waals surface area contributed by atoms with Crippen molar-refractivity contribution in [2.75, 3.05) is 6.54 Å². The molecule has 1 aromatic heterocycles. The smallest absolute Gasteiger partial charge is 0.107 e. The number of hydrogen-bond donors (Lipinski definition) is 1. The minimum atomic E-state index is 0.429. The number of rotatable bonds is 6. The van der Waals surface area contributed by atoms with E-state index in [1.54, 1.807) is 11.3 Å². The zero-order valence-corrected chi connectivity index (χ0v) is 13.2. The van der Waals surface area contributed by atoms with E-state index in [0.717, 1.165) is 21.8 Å². The Morgan fingerprint density at radius 2 is 2.19 bits per heavy atom. The van der Waals surface area contributed by atoms with Gasteiger partial charge in [-0.3, -0.25) is 0 Å². The van der Waals surface area contributed by atoms with Crippen molar-refractivity contribution in [3.63, 3.8) is 0 Å². The first-order chi connectivity index (χ1) is 7.60. The summed E-state index contributed by atoms with van der Waals surface area (Å²) in [5.74, 6) is 0.633. The number of nitrogens with one attached hydrogen (secondary N) is 1. The van der Waals surface area contributed by atoms with Crippen molar-refractivity contribution in [2.45, 2.75) is 39.7 Å². The van der Waals surface area contributed by atoms with Crippen LogP contribution in [0.4, 0.5) is 0 Å². The summed E-state index contributed by atoms with van der Waals surface area (Å²) in [7, 11) is 0. The maximum atomic E-state index is 6.10. The van der Waals surface area contributed by atoms with E-state index < -0.39 is 0 Å². The van der Waals surface area contributed by atoms with Crippen LogP contribution < -0.4 is 5.32 Å². The molecule has 0 spiro atoms. The first kappa shape index (κ1) is 14.5. The van der Waals surface area contributed by atoms with E-state index in [4.69, 9.17) is 11.6 Å². The molecular weight excluding hydrogens is 306 g/mol. The molecule has 0 aromatic carbocycles. The molecule has 2 unspecified atom stereocenters. The van der Waals surface area contributed by atoms with Crippen LogP contribution in [-0.2, 0) is 0 Å². The zero-order chi connectivity index (χ0) is 12.1. The van der Waals surface area contributed by atoms with E-state index in [1.807, 2.05) is 0 Å². The van der Waals surface area contributed by atoms with Crippen molar-refractivity contribution in [3.8, 4) is 0 Å². The number of halogens is 2. The van der Waals surface area contributed by atoms with Crippen molar-refractivity contribution in [1.82, 2.24) is 5.32 Å². The van der Waals surface area contributed by atoms with Crippen LogP contribution in [0.25, 0.3) is 0 Å². The summed E-state index contributed by atoms with van der Waals surface area (Å²) in [5, 5.41) is 3.61. The van der Waals surface area contributed by atoms with Gasteiger partial charge in [-0.25, -0.2) is 0 Å². The van der Waals surface area contributed by atoms with Gasteiger partial charge in [0.1, 0.15) is 4.34 Å². The minimum Gasteiger partial charge on any atom is -0.309 e. The Labute approximate surface area is 116 Å². The van der Waals surface area contributed by atoms with Crippen molar-refractivity contribution in [2.24, 2.45) is 5.92 Å². The Morgan fingerprint density at radius 1 is 1.50 bits per heavy atom. The molecule has 0 saturated heterocycles. The molecule has 0 radical (unpaired) electrons. The predicted molar refractivity (Wildman–Crippen MR) is 77.5 cm³/mol. The predicted octanol–water partition coefficient (Wildman–Crippen LogP) is 5.25. The number of thiophene rings is 1. The molecule has 1 N–H and O–H groups in total. The molecule has 0 fully saturated rings. The van der Waals surface area contributed by atoms with Crippen molar-refractivity contribution < 1.29 is 0 Å². The number of hydrogen-bond acceptors (Lipinski definition) is 2. The third kappa shape index (κ3) is 3.73. The van der Waals surface area contributed by atoms with Crippen LogP contribution in [0.15, 0.2) is 10.5 Å². The van der Waals surface area contributed by atoms with E-state index in [0.29, 0.717) is 12.0 Å². The zero-order valence-electron chi connectivity index (χ0n) is 10.0. The van der Waals surface area contributed by atoms with E-state index in [1.165, 1.54) is 11.3 Å². The van der Waals surface area contributed by atoms with Gasteiger partial charge in [-0.05, 0) is 40.9 Å². The normalized spacial score (nSPS) is 15.1. The minimum absolute atomic E-state index is 0.429. The highest BCUT2D eigenvalue weighted by Crippen LogP contribution is 2.38. The molecular formula is C12H19BrClNS. The van der Waals surface area contributed by atoms with Gasteiger partial charge < -0.3 is 5.32 Å². The Kier molecular flexibility index (Phi) is 6.34. The van der Waals surface area contributed by atoms with Gasteiger partial charge in [-0.1, -0.05) is 38.8 Å². The Morgan fingerprint density at radius 3 is 2.62 bits per heavy atom.